The van der Waals surface area contributed by atoms with E-state index >= 15 is 0 Å². The first kappa shape index (κ1) is 11.7. The lowest BCUT2D eigenvalue weighted by molar-refractivity contribution is -0.137. The number of benzene rings is 1. The molecule has 0 aliphatic rings. The molecule has 1 aromatic rings. The van der Waals surface area contributed by atoms with Crippen molar-refractivity contribution < 1.29 is 15.0 Å². The molecule has 0 radical (unpaired) electrons. The molecule has 0 spiro atoms. The van der Waals surface area contributed by atoms with Crippen LogP contribution in [-0.4, -0.2) is 16.2 Å². The fourth-order valence-electron chi connectivity index (χ4n) is 1.42. The summed E-state index contributed by atoms with van der Waals surface area (Å²) in [7, 11) is 0. The van der Waals surface area contributed by atoms with Gasteiger partial charge in [-0.2, -0.15) is 0 Å². The van der Waals surface area contributed by atoms with Crippen LogP contribution in [0.2, 0.25) is 0 Å². The van der Waals surface area contributed by atoms with Gasteiger partial charge in [0, 0.05) is 6.42 Å². The van der Waals surface area contributed by atoms with Gasteiger partial charge in [0.25, 0.3) is 0 Å². The predicted molar refractivity (Wildman–Crippen MR) is 57.6 cm³/mol. The van der Waals surface area contributed by atoms with Crippen LogP contribution in [0.4, 0.5) is 0 Å². The van der Waals surface area contributed by atoms with Crippen molar-refractivity contribution in [3.63, 3.8) is 0 Å². The molecule has 82 valence electrons. The van der Waals surface area contributed by atoms with Crippen LogP contribution in [0.15, 0.2) is 24.3 Å². The first-order valence-corrected chi connectivity index (χ1v) is 5.13. The van der Waals surface area contributed by atoms with Gasteiger partial charge in [0.15, 0.2) is 0 Å². The zero-order valence-corrected chi connectivity index (χ0v) is 8.65. The number of rotatable bonds is 6. The van der Waals surface area contributed by atoms with Crippen molar-refractivity contribution >= 4 is 5.97 Å². The summed E-state index contributed by atoms with van der Waals surface area (Å²) in [6, 6.07) is 7.75. The molecule has 0 fully saturated rings. The fourth-order valence-corrected chi connectivity index (χ4v) is 1.42. The van der Waals surface area contributed by atoms with Crippen LogP contribution >= 0.6 is 0 Å². The lowest BCUT2D eigenvalue weighted by atomic mass is 10.1. The number of hydrogen-bond donors (Lipinski definition) is 2. The highest BCUT2D eigenvalue weighted by Gasteiger charge is 1.98. The van der Waals surface area contributed by atoms with E-state index in [4.69, 9.17) is 10.2 Å². The Kier molecular flexibility index (Phi) is 4.84. The molecule has 15 heavy (non-hydrogen) atoms. The summed E-state index contributed by atoms with van der Waals surface area (Å²) in [4.78, 5) is 10.3. The minimum atomic E-state index is -0.731. The number of aliphatic hydroxyl groups is 1. The molecule has 0 unspecified atom stereocenters. The minimum absolute atomic E-state index is 0.0687. The largest absolute Gasteiger partial charge is 0.481 e. The maximum Gasteiger partial charge on any atom is 0.303 e. The van der Waals surface area contributed by atoms with Gasteiger partial charge in [0.05, 0.1) is 6.61 Å². The van der Waals surface area contributed by atoms with Crippen LogP contribution in [0.1, 0.15) is 30.4 Å². The van der Waals surface area contributed by atoms with Crippen LogP contribution in [0.25, 0.3) is 0 Å². The van der Waals surface area contributed by atoms with Gasteiger partial charge in [-0.3, -0.25) is 4.79 Å². The molecule has 0 bridgehead atoms. The average molecular weight is 208 g/mol. The zero-order valence-electron chi connectivity index (χ0n) is 8.65. The molecular formula is C12H16O3. The predicted octanol–water partition coefficient (Wildman–Crippen LogP) is 1.98. The third-order valence-corrected chi connectivity index (χ3v) is 2.31. The van der Waals surface area contributed by atoms with E-state index in [1.807, 2.05) is 24.3 Å². The first-order chi connectivity index (χ1) is 7.22. The second-order valence-corrected chi connectivity index (χ2v) is 3.58. The van der Waals surface area contributed by atoms with E-state index in [-0.39, 0.29) is 13.0 Å². The van der Waals surface area contributed by atoms with Gasteiger partial charge >= 0.3 is 5.97 Å². The van der Waals surface area contributed by atoms with Crippen LogP contribution in [0.3, 0.4) is 0 Å². The highest BCUT2D eigenvalue weighted by Crippen LogP contribution is 2.08. The Bertz CT molecular complexity index is 303. The van der Waals surface area contributed by atoms with E-state index in [1.54, 1.807) is 0 Å². The minimum Gasteiger partial charge on any atom is -0.481 e. The Hall–Kier alpha value is -1.35. The first-order valence-electron chi connectivity index (χ1n) is 5.13. The normalized spacial score (nSPS) is 10.2. The van der Waals surface area contributed by atoms with Crippen molar-refractivity contribution in [1.29, 1.82) is 0 Å². The van der Waals surface area contributed by atoms with E-state index in [0.717, 1.165) is 24.8 Å². The molecule has 2 N–H and O–H groups in total. The van der Waals surface area contributed by atoms with Gasteiger partial charge < -0.3 is 10.2 Å². The SMILES string of the molecule is O=C(O)CCCCc1ccc(CO)cc1. The quantitative estimate of drug-likeness (QED) is 0.703. The van der Waals surface area contributed by atoms with Crippen molar-refractivity contribution in [3.8, 4) is 0 Å². The molecule has 0 aromatic heterocycles. The molecule has 1 rings (SSSR count). The van der Waals surface area contributed by atoms with Gasteiger partial charge in [-0.15, -0.1) is 0 Å². The molecular weight excluding hydrogens is 192 g/mol. The van der Waals surface area contributed by atoms with Crippen molar-refractivity contribution in [3.05, 3.63) is 35.4 Å². The Morgan fingerprint density at radius 1 is 1.07 bits per heavy atom. The van der Waals surface area contributed by atoms with Gasteiger partial charge in [-0.05, 0) is 30.4 Å². The third-order valence-electron chi connectivity index (χ3n) is 2.31. The number of aliphatic hydroxyl groups excluding tert-OH is 1. The number of carbonyl (C=O) groups is 1. The lowest BCUT2D eigenvalue weighted by Gasteiger charge is -2.01. The second kappa shape index (κ2) is 6.19. The van der Waals surface area contributed by atoms with E-state index in [9.17, 15) is 4.79 Å². The van der Waals surface area contributed by atoms with Crippen LogP contribution in [0, 0.1) is 0 Å². The van der Waals surface area contributed by atoms with Gasteiger partial charge in [0.2, 0.25) is 0 Å². The van der Waals surface area contributed by atoms with E-state index in [0.29, 0.717) is 0 Å². The molecule has 0 aliphatic carbocycles. The number of carboxylic acid groups (broad SMARTS) is 1. The lowest BCUT2D eigenvalue weighted by Crippen LogP contribution is -1.95. The molecule has 3 nitrogen and oxygen atoms in total. The van der Waals surface area contributed by atoms with Crippen LogP contribution < -0.4 is 0 Å². The monoisotopic (exact) mass is 208 g/mol. The molecule has 0 heterocycles. The molecule has 1 aromatic carbocycles. The Morgan fingerprint density at radius 3 is 2.20 bits per heavy atom. The van der Waals surface area contributed by atoms with Gasteiger partial charge in [0.1, 0.15) is 0 Å². The number of aliphatic carboxylic acids is 1. The summed E-state index contributed by atoms with van der Waals surface area (Å²) < 4.78 is 0. The highest BCUT2D eigenvalue weighted by molar-refractivity contribution is 5.66. The van der Waals surface area contributed by atoms with Crippen molar-refractivity contribution in [1.82, 2.24) is 0 Å². The number of unbranched alkanes of at least 4 members (excludes halogenated alkanes) is 1. The summed E-state index contributed by atoms with van der Waals surface area (Å²) in [6.45, 7) is 0.0687. The van der Waals surface area contributed by atoms with Crippen LogP contribution in [-0.2, 0) is 17.8 Å². The summed E-state index contributed by atoms with van der Waals surface area (Å²) in [5.74, 6) is -0.731. The molecule has 0 aliphatic heterocycles. The maximum absolute atomic E-state index is 10.3. The summed E-state index contributed by atoms with van der Waals surface area (Å²) >= 11 is 0. The number of hydrogen-bond acceptors (Lipinski definition) is 2. The summed E-state index contributed by atoms with van der Waals surface area (Å²) in [6.07, 6.45) is 2.76. The van der Waals surface area contributed by atoms with E-state index < -0.39 is 5.97 Å². The highest BCUT2D eigenvalue weighted by atomic mass is 16.4. The molecule has 0 saturated heterocycles. The third kappa shape index (κ3) is 4.61. The molecule has 0 saturated carbocycles. The topological polar surface area (TPSA) is 57.5 Å². The van der Waals surface area contributed by atoms with E-state index in [2.05, 4.69) is 0 Å². The van der Waals surface area contributed by atoms with Crippen LogP contribution in [0.5, 0.6) is 0 Å². The van der Waals surface area contributed by atoms with Crippen molar-refractivity contribution in [2.75, 3.05) is 0 Å². The van der Waals surface area contributed by atoms with E-state index in [1.165, 1.54) is 5.56 Å². The van der Waals surface area contributed by atoms with Gasteiger partial charge in [-0.25, -0.2) is 0 Å². The Morgan fingerprint density at radius 2 is 1.67 bits per heavy atom. The molecule has 0 amide bonds. The number of aryl methyl sites for hydroxylation is 1. The fraction of sp³-hybridized carbons (Fsp3) is 0.417. The molecule has 3 heteroatoms. The van der Waals surface area contributed by atoms with Crippen molar-refractivity contribution in [2.45, 2.75) is 32.3 Å². The smallest absolute Gasteiger partial charge is 0.303 e. The average Bonchev–Trinajstić information content (AvgIpc) is 2.25. The molecule has 0 atom stereocenters. The maximum atomic E-state index is 10.3. The summed E-state index contributed by atoms with van der Waals surface area (Å²) in [5, 5.41) is 17.3. The standard InChI is InChI=1S/C12H16O3/c13-9-11-7-5-10(6-8-11)3-1-2-4-12(14)15/h5-8,13H,1-4,9H2,(H,14,15). The zero-order chi connectivity index (χ0) is 11.1. The van der Waals surface area contributed by atoms with Gasteiger partial charge in [-0.1, -0.05) is 24.3 Å². The second-order valence-electron chi connectivity index (χ2n) is 3.58. The Balaban J connectivity index is 2.28. The van der Waals surface area contributed by atoms with Crippen molar-refractivity contribution in [2.24, 2.45) is 0 Å². The Labute approximate surface area is 89.4 Å². The summed E-state index contributed by atoms with van der Waals surface area (Å²) in [5.41, 5.74) is 2.10. The number of carboxylic acids is 1.